The van der Waals surface area contributed by atoms with Crippen molar-refractivity contribution in [1.82, 2.24) is 4.98 Å². The molecule has 1 aliphatic rings. The van der Waals surface area contributed by atoms with E-state index < -0.39 is 0 Å². The largest absolute Gasteiger partial charge is 0.352 e. The molecule has 0 atom stereocenters. The van der Waals surface area contributed by atoms with Gasteiger partial charge in [0.15, 0.2) is 0 Å². The fraction of sp³-hybridized carbons (Fsp3) is 0.667. The van der Waals surface area contributed by atoms with Gasteiger partial charge in [-0.25, -0.2) is 4.98 Å². The predicted molar refractivity (Wildman–Crippen MR) is 83.2 cm³/mol. The molecule has 0 aromatic carbocycles. The number of anilines is 1. The minimum Gasteiger partial charge on any atom is -0.352 e. The first-order valence-corrected chi connectivity index (χ1v) is 8.00. The third-order valence-electron chi connectivity index (χ3n) is 3.63. The van der Waals surface area contributed by atoms with Crippen molar-refractivity contribution in [2.45, 2.75) is 51.5 Å². The van der Waals surface area contributed by atoms with Crippen LogP contribution in [0.4, 0.5) is 5.82 Å². The van der Waals surface area contributed by atoms with Gasteiger partial charge in [0.2, 0.25) is 0 Å². The average Bonchev–Trinajstić information content (AvgIpc) is 2.89. The lowest BCUT2D eigenvalue weighted by Gasteiger charge is -2.32. The maximum absolute atomic E-state index is 6.40. The highest BCUT2D eigenvalue weighted by molar-refractivity contribution is 6.33. The van der Waals surface area contributed by atoms with E-state index in [1.807, 2.05) is 12.3 Å². The fourth-order valence-electron chi connectivity index (χ4n) is 2.77. The Balaban J connectivity index is 2.26. The lowest BCUT2D eigenvalue weighted by atomic mass is 10.1. The summed E-state index contributed by atoms with van der Waals surface area (Å²) in [5, 5.41) is 0.728. The van der Waals surface area contributed by atoms with Gasteiger partial charge in [0, 0.05) is 24.7 Å². The Hall–Kier alpha value is -0.470. The molecule has 0 saturated heterocycles. The van der Waals surface area contributed by atoms with Crippen molar-refractivity contribution in [3.8, 4) is 0 Å². The Morgan fingerprint density at radius 1 is 1.37 bits per heavy atom. The van der Waals surface area contributed by atoms with Gasteiger partial charge in [-0.2, -0.15) is 0 Å². The molecule has 0 aliphatic heterocycles. The predicted octanol–water partition coefficient (Wildman–Crippen LogP) is 4.88. The minimum absolute atomic E-state index is 0.459. The summed E-state index contributed by atoms with van der Waals surface area (Å²) in [6, 6.07) is 2.54. The molecule has 2 nitrogen and oxygen atoms in total. The third kappa shape index (κ3) is 3.76. The van der Waals surface area contributed by atoms with Crippen LogP contribution in [0, 0.1) is 5.92 Å². The number of alkyl halides is 1. The lowest BCUT2D eigenvalue weighted by molar-refractivity contribution is 0.531. The van der Waals surface area contributed by atoms with Crippen LogP contribution in [0.3, 0.4) is 0 Å². The Kier molecular flexibility index (Phi) is 5.35. The maximum atomic E-state index is 6.40. The summed E-state index contributed by atoms with van der Waals surface area (Å²) in [5.41, 5.74) is 0.978. The zero-order valence-electron chi connectivity index (χ0n) is 11.7. The van der Waals surface area contributed by atoms with E-state index in [4.69, 9.17) is 23.2 Å². The number of halogens is 2. The first-order chi connectivity index (χ1) is 9.11. The van der Waals surface area contributed by atoms with Crippen LogP contribution in [0.5, 0.6) is 0 Å². The van der Waals surface area contributed by atoms with E-state index in [-0.39, 0.29) is 0 Å². The topological polar surface area (TPSA) is 16.1 Å². The van der Waals surface area contributed by atoms with Gasteiger partial charge in [-0.15, -0.1) is 11.6 Å². The van der Waals surface area contributed by atoms with Crippen molar-refractivity contribution in [2.75, 3.05) is 11.4 Å². The smallest absolute Gasteiger partial charge is 0.147 e. The monoisotopic (exact) mass is 300 g/mol. The molecule has 0 spiro atoms. The molecular weight excluding hydrogens is 279 g/mol. The average molecular weight is 301 g/mol. The number of nitrogens with zero attached hydrogens (tertiary/aromatic N) is 2. The summed E-state index contributed by atoms with van der Waals surface area (Å²) < 4.78 is 0. The van der Waals surface area contributed by atoms with Gasteiger partial charge in [-0.1, -0.05) is 38.3 Å². The van der Waals surface area contributed by atoms with E-state index in [1.165, 1.54) is 25.7 Å². The highest BCUT2D eigenvalue weighted by Gasteiger charge is 2.25. The zero-order valence-corrected chi connectivity index (χ0v) is 13.2. The number of rotatable bonds is 5. The number of pyridine rings is 1. The van der Waals surface area contributed by atoms with Crippen molar-refractivity contribution >= 4 is 29.0 Å². The Bertz CT molecular complexity index is 415. The molecule has 0 unspecified atom stereocenters. The van der Waals surface area contributed by atoms with Gasteiger partial charge >= 0.3 is 0 Å². The SMILES string of the molecule is CC(C)CN(c1ncc(CCl)cc1Cl)C1CCCC1. The molecule has 1 heterocycles. The van der Waals surface area contributed by atoms with E-state index in [0.29, 0.717) is 17.8 Å². The summed E-state index contributed by atoms with van der Waals surface area (Å²) in [4.78, 5) is 6.96. The van der Waals surface area contributed by atoms with Crippen LogP contribution >= 0.6 is 23.2 Å². The van der Waals surface area contributed by atoms with Crippen LogP contribution in [-0.4, -0.2) is 17.6 Å². The highest BCUT2D eigenvalue weighted by atomic mass is 35.5. The van der Waals surface area contributed by atoms with Crippen LogP contribution in [0.1, 0.15) is 45.1 Å². The quantitative estimate of drug-likeness (QED) is 0.721. The summed E-state index contributed by atoms with van der Waals surface area (Å²) in [6.45, 7) is 5.49. The Morgan fingerprint density at radius 2 is 2.05 bits per heavy atom. The van der Waals surface area contributed by atoms with Gasteiger partial charge in [0.1, 0.15) is 5.82 Å². The number of hydrogen-bond donors (Lipinski definition) is 0. The van der Waals surface area contributed by atoms with Gasteiger partial charge < -0.3 is 4.90 Å². The Labute approximate surface area is 126 Å². The van der Waals surface area contributed by atoms with Crippen molar-refractivity contribution in [3.63, 3.8) is 0 Å². The molecule has 106 valence electrons. The zero-order chi connectivity index (χ0) is 13.8. The van der Waals surface area contributed by atoms with Crippen LogP contribution < -0.4 is 4.90 Å². The van der Waals surface area contributed by atoms with Crippen LogP contribution in [0.25, 0.3) is 0 Å². The normalized spacial score (nSPS) is 16.3. The van der Waals surface area contributed by atoms with Crippen molar-refractivity contribution < 1.29 is 0 Å². The van der Waals surface area contributed by atoms with Gasteiger partial charge in [-0.3, -0.25) is 0 Å². The molecule has 1 saturated carbocycles. The maximum Gasteiger partial charge on any atom is 0.147 e. The summed E-state index contributed by atoms with van der Waals surface area (Å²) >= 11 is 12.2. The van der Waals surface area contributed by atoms with E-state index >= 15 is 0 Å². The second-order valence-electron chi connectivity index (χ2n) is 5.77. The second-order valence-corrected chi connectivity index (χ2v) is 6.44. The second kappa shape index (κ2) is 6.81. The molecule has 4 heteroatoms. The molecule has 1 fully saturated rings. The minimum atomic E-state index is 0.459. The van der Waals surface area contributed by atoms with Crippen LogP contribution in [-0.2, 0) is 5.88 Å². The van der Waals surface area contributed by atoms with Crippen molar-refractivity contribution in [2.24, 2.45) is 5.92 Å². The van der Waals surface area contributed by atoms with E-state index in [9.17, 15) is 0 Å². The van der Waals surface area contributed by atoms with Gasteiger partial charge in [-0.05, 0) is 30.4 Å². The van der Waals surface area contributed by atoms with E-state index in [0.717, 1.165) is 22.9 Å². The fourth-order valence-corrected chi connectivity index (χ4v) is 3.22. The summed E-state index contributed by atoms with van der Waals surface area (Å²) in [7, 11) is 0. The summed E-state index contributed by atoms with van der Waals surface area (Å²) in [6.07, 6.45) is 6.98. The molecule has 1 aromatic rings. The number of aromatic nitrogens is 1. The van der Waals surface area contributed by atoms with Gasteiger partial charge in [0.05, 0.1) is 5.02 Å². The van der Waals surface area contributed by atoms with Crippen LogP contribution in [0.15, 0.2) is 12.3 Å². The van der Waals surface area contributed by atoms with E-state index in [1.54, 1.807) is 0 Å². The molecular formula is C15H22Cl2N2. The molecule has 0 N–H and O–H groups in total. The molecule has 0 radical (unpaired) electrons. The van der Waals surface area contributed by atoms with E-state index in [2.05, 4.69) is 23.7 Å². The van der Waals surface area contributed by atoms with Crippen molar-refractivity contribution in [3.05, 3.63) is 22.8 Å². The van der Waals surface area contributed by atoms with Gasteiger partial charge in [0.25, 0.3) is 0 Å². The standard InChI is InChI=1S/C15H22Cl2N2/c1-11(2)10-19(13-5-3-4-6-13)15-14(17)7-12(8-16)9-18-15/h7,9,11,13H,3-6,8,10H2,1-2H3. The van der Waals surface area contributed by atoms with Crippen LogP contribution in [0.2, 0.25) is 5.02 Å². The molecule has 1 aliphatic carbocycles. The van der Waals surface area contributed by atoms with Crippen molar-refractivity contribution in [1.29, 1.82) is 0 Å². The lowest BCUT2D eigenvalue weighted by Crippen LogP contribution is -2.37. The molecule has 19 heavy (non-hydrogen) atoms. The number of hydrogen-bond acceptors (Lipinski definition) is 2. The summed E-state index contributed by atoms with van der Waals surface area (Å²) in [5.74, 6) is 1.99. The molecule has 0 amide bonds. The molecule has 1 aromatic heterocycles. The first kappa shape index (κ1) is 14.9. The first-order valence-electron chi connectivity index (χ1n) is 7.09. The molecule has 2 rings (SSSR count). The third-order valence-corrected chi connectivity index (χ3v) is 4.22. The highest BCUT2D eigenvalue weighted by Crippen LogP contribution is 2.32. The molecule has 0 bridgehead atoms. The Morgan fingerprint density at radius 3 is 2.58 bits per heavy atom.